The Hall–Kier alpha value is -2.49. The molecule has 0 atom stereocenters. The molecule has 0 saturated heterocycles. The predicted octanol–water partition coefficient (Wildman–Crippen LogP) is 1.57. The van der Waals surface area contributed by atoms with Gasteiger partial charge in [0.1, 0.15) is 18.1 Å². The van der Waals surface area contributed by atoms with Crippen molar-refractivity contribution in [3.05, 3.63) is 95.6 Å². The predicted molar refractivity (Wildman–Crippen MR) is 101 cm³/mol. The van der Waals surface area contributed by atoms with Crippen molar-refractivity contribution in [3.63, 3.8) is 0 Å². The van der Waals surface area contributed by atoms with Gasteiger partial charge in [0, 0.05) is 13.1 Å². The molecule has 3 rings (SSSR count). The molecule has 0 aliphatic rings. The molecule has 3 aromatic carbocycles. The second-order valence-electron chi connectivity index (χ2n) is 5.87. The van der Waals surface area contributed by atoms with E-state index in [0.717, 1.165) is 24.6 Å². The molecule has 0 fully saturated rings. The highest BCUT2D eigenvalue weighted by Gasteiger charge is 1.99. The molecule has 0 unspecified atom stereocenters. The summed E-state index contributed by atoms with van der Waals surface area (Å²) in [4.78, 5) is 0. The Morgan fingerprint density at radius 3 is 2.12 bits per heavy atom. The van der Waals surface area contributed by atoms with Crippen molar-refractivity contribution in [2.24, 2.45) is 0 Å². The minimum atomic E-state index is 0. The highest BCUT2D eigenvalue weighted by Crippen LogP contribution is 2.16. The van der Waals surface area contributed by atoms with E-state index in [0.29, 0.717) is 6.61 Å². The number of methoxy groups -OCH3 is 1. The zero-order valence-corrected chi connectivity index (χ0v) is 15.6. The second-order valence-corrected chi connectivity index (χ2v) is 5.87. The van der Waals surface area contributed by atoms with Gasteiger partial charge < -0.3 is 27.2 Å². The van der Waals surface area contributed by atoms with Gasteiger partial charge in [0.05, 0.1) is 7.11 Å². The van der Waals surface area contributed by atoms with Crippen LogP contribution in [0, 0.1) is 0 Å². The average Bonchev–Trinajstić information content (AvgIpc) is 2.68. The maximum atomic E-state index is 5.88. The van der Waals surface area contributed by atoms with Crippen LogP contribution >= 0.6 is 0 Å². The first kappa shape index (κ1) is 19.8. The fourth-order valence-electron chi connectivity index (χ4n) is 2.58. The molecule has 0 spiro atoms. The summed E-state index contributed by atoms with van der Waals surface area (Å²) in [7, 11) is 1.68. The van der Waals surface area contributed by atoms with E-state index in [1.807, 2.05) is 42.5 Å². The Bertz CT molecular complexity index is 776. The molecule has 0 amide bonds. The third kappa shape index (κ3) is 6.10. The van der Waals surface area contributed by atoms with Crippen LogP contribution in [0.1, 0.15) is 16.7 Å². The first-order valence-electron chi connectivity index (χ1n) is 8.43. The molecule has 0 saturated carbocycles. The molecule has 4 heteroatoms. The van der Waals surface area contributed by atoms with Crippen molar-refractivity contribution >= 4 is 0 Å². The van der Waals surface area contributed by atoms with Crippen LogP contribution < -0.4 is 27.2 Å². The molecular formula is C22H23ClNO2-. The van der Waals surface area contributed by atoms with Crippen LogP contribution in [0.25, 0.3) is 0 Å². The zero-order valence-electron chi connectivity index (χ0n) is 14.8. The summed E-state index contributed by atoms with van der Waals surface area (Å²) < 4.78 is 11.1. The number of nitrogens with one attached hydrogen (secondary N) is 1. The van der Waals surface area contributed by atoms with Crippen LogP contribution in [-0.4, -0.2) is 7.11 Å². The molecule has 26 heavy (non-hydrogen) atoms. The van der Waals surface area contributed by atoms with Gasteiger partial charge in [0.2, 0.25) is 0 Å². The highest BCUT2D eigenvalue weighted by atomic mass is 35.5. The minimum absolute atomic E-state index is 0. The molecule has 3 nitrogen and oxygen atoms in total. The molecule has 136 valence electrons. The number of benzene rings is 3. The SMILES string of the molecule is COc1ccc(CNCc2cccc(OCc3ccccc3)c2)cc1.[Cl-]. The summed E-state index contributed by atoms with van der Waals surface area (Å²) in [6, 6.07) is 26.5. The van der Waals surface area contributed by atoms with Crippen molar-refractivity contribution in [2.75, 3.05) is 7.11 Å². The topological polar surface area (TPSA) is 30.5 Å². The molecule has 0 radical (unpaired) electrons. The van der Waals surface area contributed by atoms with Crippen LogP contribution in [-0.2, 0) is 19.7 Å². The van der Waals surface area contributed by atoms with Gasteiger partial charge in [-0.25, -0.2) is 0 Å². The number of hydrogen-bond acceptors (Lipinski definition) is 3. The minimum Gasteiger partial charge on any atom is -1.00 e. The van der Waals surface area contributed by atoms with Gasteiger partial charge in [0.15, 0.2) is 0 Å². The van der Waals surface area contributed by atoms with Crippen molar-refractivity contribution in [2.45, 2.75) is 19.7 Å². The van der Waals surface area contributed by atoms with E-state index >= 15 is 0 Å². The lowest BCUT2D eigenvalue weighted by atomic mass is 10.2. The van der Waals surface area contributed by atoms with Crippen LogP contribution in [0.4, 0.5) is 0 Å². The van der Waals surface area contributed by atoms with Gasteiger partial charge in [-0.2, -0.15) is 0 Å². The molecule has 1 N–H and O–H groups in total. The van der Waals surface area contributed by atoms with Crippen LogP contribution in [0.15, 0.2) is 78.9 Å². The van der Waals surface area contributed by atoms with Crippen LogP contribution in [0.3, 0.4) is 0 Å². The largest absolute Gasteiger partial charge is 1.00 e. The first-order valence-corrected chi connectivity index (χ1v) is 8.43. The van der Waals surface area contributed by atoms with Gasteiger partial charge in [-0.05, 0) is 41.0 Å². The number of halogens is 1. The fraction of sp³-hybridized carbons (Fsp3) is 0.182. The van der Waals surface area contributed by atoms with Crippen molar-refractivity contribution < 1.29 is 21.9 Å². The van der Waals surface area contributed by atoms with Gasteiger partial charge in [-0.15, -0.1) is 0 Å². The van der Waals surface area contributed by atoms with Gasteiger partial charge >= 0.3 is 0 Å². The zero-order chi connectivity index (χ0) is 17.3. The molecule has 0 aliphatic carbocycles. The average molecular weight is 369 g/mol. The standard InChI is InChI=1S/C22H23NO2.ClH/c1-24-21-12-10-18(11-13-21)15-23-16-20-8-5-9-22(14-20)25-17-19-6-3-2-4-7-19;/h2-14,23H,15-17H2,1H3;1H/p-1. The van der Waals surface area contributed by atoms with Crippen molar-refractivity contribution in [3.8, 4) is 11.5 Å². The van der Waals surface area contributed by atoms with Crippen LogP contribution in [0.5, 0.6) is 11.5 Å². The smallest absolute Gasteiger partial charge is 0.120 e. The lowest BCUT2D eigenvalue weighted by Gasteiger charge is -2.09. The second kappa shape index (κ2) is 10.5. The highest BCUT2D eigenvalue weighted by molar-refractivity contribution is 5.30. The summed E-state index contributed by atoms with van der Waals surface area (Å²) in [6.07, 6.45) is 0. The van der Waals surface area contributed by atoms with E-state index in [1.54, 1.807) is 7.11 Å². The van der Waals surface area contributed by atoms with Gasteiger partial charge in [0.25, 0.3) is 0 Å². The Labute approximate surface area is 161 Å². The number of hydrogen-bond donors (Lipinski definition) is 1. The molecule has 0 bridgehead atoms. The van der Waals surface area contributed by atoms with Gasteiger partial charge in [-0.1, -0.05) is 54.6 Å². The summed E-state index contributed by atoms with van der Waals surface area (Å²) in [5.74, 6) is 1.78. The van der Waals surface area contributed by atoms with E-state index in [2.05, 4.69) is 41.7 Å². The van der Waals surface area contributed by atoms with E-state index in [1.165, 1.54) is 16.7 Å². The quantitative estimate of drug-likeness (QED) is 0.654. The third-order valence-electron chi connectivity index (χ3n) is 3.96. The van der Waals surface area contributed by atoms with E-state index in [4.69, 9.17) is 9.47 Å². The molecule has 0 aromatic heterocycles. The maximum absolute atomic E-state index is 5.88. The van der Waals surface area contributed by atoms with Gasteiger partial charge in [-0.3, -0.25) is 0 Å². The Morgan fingerprint density at radius 1 is 0.692 bits per heavy atom. The monoisotopic (exact) mass is 368 g/mol. The lowest BCUT2D eigenvalue weighted by Crippen LogP contribution is -3.00. The Kier molecular flexibility index (Phi) is 8.00. The number of ether oxygens (including phenoxy) is 2. The molecule has 3 aromatic rings. The van der Waals surface area contributed by atoms with E-state index < -0.39 is 0 Å². The molecule has 0 aliphatic heterocycles. The van der Waals surface area contributed by atoms with Crippen molar-refractivity contribution in [1.82, 2.24) is 5.32 Å². The molecular weight excluding hydrogens is 346 g/mol. The Morgan fingerprint density at radius 2 is 1.38 bits per heavy atom. The number of rotatable bonds is 8. The molecule has 0 heterocycles. The lowest BCUT2D eigenvalue weighted by molar-refractivity contribution is -0.00000576. The first-order chi connectivity index (χ1) is 12.3. The fourth-order valence-corrected chi connectivity index (χ4v) is 2.58. The maximum Gasteiger partial charge on any atom is 0.120 e. The Balaban J connectivity index is 0.00000243. The summed E-state index contributed by atoms with van der Waals surface area (Å²) in [5, 5.41) is 3.46. The van der Waals surface area contributed by atoms with E-state index in [9.17, 15) is 0 Å². The van der Waals surface area contributed by atoms with E-state index in [-0.39, 0.29) is 12.4 Å². The summed E-state index contributed by atoms with van der Waals surface area (Å²) in [5.41, 5.74) is 3.61. The third-order valence-corrected chi connectivity index (χ3v) is 3.96. The summed E-state index contributed by atoms with van der Waals surface area (Å²) in [6.45, 7) is 2.21. The van der Waals surface area contributed by atoms with Crippen LogP contribution in [0.2, 0.25) is 0 Å². The van der Waals surface area contributed by atoms with Crippen molar-refractivity contribution in [1.29, 1.82) is 0 Å². The normalized spacial score (nSPS) is 10.0. The summed E-state index contributed by atoms with van der Waals surface area (Å²) >= 11 is 0.